The fourth-order valence-electron chi connectivity index (χ4n) is 1.75. The molecular formula is C14H21O5P. The van der Waals surface area contributed by atoms with E-state index in [9.17, 15) is 9.36 Å². The quantitative estimate of drug-likeness (QED) is 0.544. The second kappa shape index (κ2) is 8.20. The zero-order valence-corrected chi connectivity index (χ0v) is 13.0. The third-order valence-corrected chi connectivity index (χ3v) is 4.78. The first-order valence-electron chi connectivity index (χ1n) is 6.60. The number of benzene rings is 1. The van der Waals surface area contributed by atoms with Gasteiger partial charge in [-0.3, -0.25) is 4.57 Å². The van der Waals surface area contributed by atoms with Crippen molar-refractivity contribution in [2.45, 2.75) is 20.3 Å². The molecule has 0 radical (unpaired) electrons. The van der Waals surface area contributed by atoms with E-state index in [1.807, 2.05) is 12.1 Å². The summed E-state index contributed by atoms with van der Waals surface area (Å²) in [6.07, 6.45) is 0.894. The van der Waals surface area contributed by atoms with Gasteiger partial charge in [-0.05, 0) is 38.0 Å². The molecule has 0 spiro atoms. The largest absolute Gasteiger partial charge is 0.465 e. The second-order valence-corrected chi connectivity index (χ2v) is 6.29. The lowest BCUT2D eigenvalue weighted by molar-refractivity contribution is 0.0600. The molecule has 0 N–H and O–H groups in total. The fourth-order valence-corrected chi connectivity index (χ4v) is 3.40. The Bertz CT molecular complexity index is 459. The van der Waals surface area contributed by atoms with Gasteiger partial charge < -0.3 is 13.8 Å². The van der Waals surface area contributed by atoms with Gasteiger partial charge in [0.25, 0.3) is 0 Å². The van der Waals surface area contributed by atoms with Crippen molar-refractivity contribution in [2.75, 3.05) is 26.5 Å². The van der Waals surface area contributed by atoms with E-state index in [-0.39, 0.29) is 5.97 Å². The summed E-state index contributed by atoms with van der Waals surface area (Å²) in [4.78, 5) is 11.3. The van der Waals surface area contributed by atoms with Crippen LogP contribution in [-0.2, 0) is 24.8 Å². The summed E-state index contributed by atoms with van der Waals surface area (Å²) in [7, 11) is -1.67. The lowest BCUT2D eigenvalue weighted by Crippen LogP contribution is -2.04. The molecule has 0 fully saturated rings. The molecule has 0 saturated carbocycles. The summed E-state index contributed by atoms with van der Waals surface area (Å²) in [6.45, 7) is 4.30. The highest BCUT2D eigenvalue weighted by molar-refractivity contribution is 7.53. The summed E-state index contributed by atoms with van der Waals surface area (Å²) in [5.74, 6) is -0.370. The van der Waals surface area contributed by atoms with Crippen molar-refractivity contribution in [1.29, 1.82) is 0 Å². The third kappa shape index (κ3) is 5.08. The van der Waals surface area contributed by atoms with Gasteiger partial charge >= 0.3 is 13.6 Å². The SMILES string of the molecule is CCOP(=O)(CCc1ccc(C(=O)OC)cc1)OCC. The van der Waals surface area contributed by atoms with Crippen molar-refractivity contribution in [2.24, 2.45) is 0 Å². The molecule has 5 nitrogen and oxygen atoms in total. The minimum Gasteiger partial charge on any atom is -0.465 e. The highest BCUT2D eigenvalue weighted by atomic mass is 31.2. The van der Waals surface area contributed by atoms with Crippen molar-refractivity contribution < 1.29 is 23.1 Å². The van der Waals surface area contributed by atoms with Gasteiger partial charge in [0.1, 0.15) is 0 Å². The summed E-state index contributed by atoms with van der Waals surface area (Å²) < 4.78 is 27.4. The Morgan fingerprint density at radius 2 is 1.65 bits per heavy atom. The Balaban J connectivity index is 2.64. The van der Waals surface area contributed by atoms with Crippen LogP contribution in [0.4, 0.5) is 0 Å². The zero-order valence-electron chi connectivity index (χ0n) is 12.1. The molecule has 0 atom stereocenters. The minimum absolute atomic E-state index is 0.326. The van der Waals surface area contributed by atoms with Gasteiger partial charge in [-0.25, -0.2) is 4.79 Å². The molecule has 0 unspecified atom stereocenters. The molecule has 1 aromatic carbocycles. The van der Waals surface area contributed by atoms with E-state index in [0.29, 0.717) is 31.4 Å². The van der Waals surface area contributed by atoms with Crippen LogP contribution in [0.3, 0.4) is 0 Å². The van der Waals surface area contributed by atoms with Crippen molar-refractivity contribution >= 4 is 13.6 Å². The highest BCUT2D eigenvalue weighted by Crippen LogP contribution is 2.48. The first-order valence-corrected chi connectivity index (χ1v) is 8.32. The minimum atomic E-state index is -3.01. The van der Waals surface area contributed by atoms with E-state index in [1.54, 1.807) is 26.0 Å². The van der Waals surface area contributed by atoms with E-state index < -0.39 is 7.60 Å². The van der Waals surface area contributed by atoms with Gasteiger partial charge in [0.2, 0.25) is 0 Å². The van der Waals surface area contributed by atoms with Gasteiger partial charge in [0.05, 0.1) is 32.0 Å². The number of aryl methyl sites for hydroxylation is 1. The maximum absolute atomic E-state index is 12.3. The lowest BCUT2D eigenvalue weighted by atomic mass is 10.1. The molecule has 0 aromatic heterocycles. The lowest BCUT2D eigenvalue weighted by Gasteiger charge is -2.16. The van der Waals surface area contributed by atoms with Crippen LogP contribution in [0.5, 0.6) is 0 Å². The Kier molecular flexibility index (Phi) is 6.93. The number of hydrogen-bond donors (Lipinski definition) is 0. The van der Waals surface area contributed by atoms with Crippen molar-refractivity contribution in [3.05, 3.63) is 35.4 Å². The topological polar surface area (TPSA) is 61.8 Å². The summed E-state index contributed by atoms with van der Waals surface area (Å²) in [5, 5.41) is 0. The predicted molar refractivity (Wildman–Crippen MR) is 77.2 cm³/mol. The van der Waals surface area contributed by atoms with Crippen LogP contribution in [0, 0.1) is 0 Å². The molecular weight excluding hydrogens is 279 g/mol. The van der Waals surface area contributed by atoms with Crippen LogP contribution in [0.1, 0.15) is 29.8 Å². The van der Waals surface area contributed by atoms with Crippen LogP contribution in [0.15, 0.2) is 24.3 Å². The van der Waals surface area contributed by atoms with E-state index in [0.717, 1.165) is 5.56 Å². The number of ether oxygens (including phenoxy) is 1. The summed E-state index contributed by atoms with van der Waals surface area (Å²) in [6, 6.07) is 7.00. The molecule has 6 heteroatoms. The maximum Gasteiger partial charge on any atom is 0.337 e. The summed E-state index contributed by atoms with van der Waals surface area (Å²) in [5.41, 5.74) is 1.46. The molecule has 1 rings (SSSR count). The fraction of sp³-hybridized carbons (Fsp3) is 0.500. The normalized spacial score (nSPS) is 11.3. The maximum atomic E-state index is 12.3. The zero-order chi connectivity index (χ0) is 15.0. The average molecular weight is 300 g/mol. The number of rotatable bonds is 8. The molecule has 1 aromatic rings. The Morgan fingerprint density at radius 3 is 2.10 bits per heavy atom. The van der Waals surface area contributed by atoms with Gasteiger partial charge in [-0.15, -0.1) is 0 Å². The molecule has 0 aliphatic heterocycles. The summed E-state index contributed by atoms with van der Waals surface area (Å²) >= 11 is 0. The highest BCUT2D eigenvalue weighted by Gasteiger charge is 2.22. The van der Waals surface area contributed by atoms with Crippen molar-refractivity contribution in [3.8, 4) is 0 Å². The molecule has 0 bridgehead atoms. The number of methoxy groups -OCH3 is 1. The second-order valence-electron chi connectivity index (χ2n) is 4.11. The van der Waals surface area contributed by atoms with Crippen LogP contribution < -0.4 is 0 Å². The smallest absolute Gasteiger partial charge is 0.337 e. The van der Waals surface area contributed by atoms with Gasteiger partial charge in [0, 0.05) is 0 Å². The monoisotopic (exact) mass is 300 g/mol. The van der Waals surface area contributed by atoms with Gasteiger partial charge in [0.15, 0.2) is 0 Å². The molecule has 0 aliphatic carbocycles. The molecule has 112 valence electrons. The molecule has 0 heterocycles. The number of hydrogen-bond acceptors (Lipinski definition) is 5. The van der Waals surface area contributed by atoms with Crippen LogP contribution in [0.25, 0.3) is 0 Å². The van der Waals surface area contributed by atoms with Crippen LogP contribution >= 0.6 is 7.60 Å². The van der Waals surface area contributed by atoms with E-state index in [4.69, 9.17) is 9.05 Å². The van der Waals surface area contributed by atoms with Gasteiger partial charge in [-0.1, -0.05) is 12.1 Å². The van der Waals surface area contributed by atoms with Gasteiger partial charge in [-0.2, -0.15) is 0 Å². The van der Waals surface area contributed by atoms with E-state index in [2.05, 4.69) is 4.74 Å². The molecule has 0 amide bonds. The molecule has 0 saturated heterocycles. The Morgan fingerprint density at radius 1 is 1.10 bits per heavy atom. The van der Waals surface area contributed by atoms with Crippen LogP contribution in [-0.4, -0.2) is 32.5 Å². The number of carbonyl (C=O) groups excluding carboxylic acids is 1. The molecule has 0 aliphatic rings. The first-order chi connectivity index (χ1) is 9.54. The average Bonchev–Trinajstić information content (AvgIpc) is 2.45. The van der Waals surface area contributed by atoms with E-state index in [1.165, 1.54) is 7.11 Å². The van der Waals surface area contributed by atoms with E-state index >= 15 is 0 Å². The standard InChI is InChI=1S/C14H21O5P/c1-4-18-20(16,19-5-2)11-10-12-6-8-13(9-7-12)14(15)17-3/h6-9H,4-5,10-11H2,1-3H3. The Hall–Kier alpha value is -1.16. The Labute approximate surface area is 119 Å². The molecule has 20 heavy (non-hydrogen) atoms. The van der Waals surface area contributed by atoms with Crippen LogP contribution in [0.2, 0.25) is 0 Å². The van der Waals surface area contributed by atoms with Crippen molar-refractivity contribution in [1.82, 2.24) is 0 Å². The number of esters is 1. The number of carbonyl (C=O) groups is 1. The predicted octanol–water partition coefficient (Wildman–Crippen LogP) is 3.28. The third-order valence-electron chi connectivity index (χ3n) is 2.70. The van der Waals surface area contributed by atoms with Crippen molar-refractivity contribution in [3.63, 3.8) is 0 Å². The first kappa shape index (κ1) is 16.9.